The zero-order valence-electron chi connectivity index (χ0n) is 19.6. The van der Waals surface area contributed by atoms with Crippen molar-refractivity contribution in [2.24, 2.45) is 11.7 Å². The van der Waals surface area contributed by atoms with Crippen molar-refractivity contribution in [3.63, 3.8) is 0 Å². The van der Waals surface area contributed by atoms with E-state index in [0.29, 0.717) is 5.56 Å². The quantitative estimate of drug-likeness (QED) is 0.398. The van der Waals surface area contributed by atoms with Gasteiger partial charge in [-0.25, -0.2) is 0 Å². The van der Waals surface area contributed by atoms with E-state index in [0.717, 1.165) is 6.42 Å². The van der Waals surface area contributed by atoms with E-state index in [9.17, 15) is 19.2 Å². The minimum Gasteiger partial charge on any atom is -0.468 e. The van der Waals surface area contributed by atoms with Crippen LogP contribution in [0.4, 0.5) is 0 Å². The lowest BCUT2D eigenvalue weighted by Gasteiger charge is -2.29. The van der Waals surface area contributed by atoms with Crippen molar-refractivity contribution < 1.29 is 38.1 Å². The molecule has 2 unspecified atom stereocenters. The normalized spacial score (nSPS) is 14.5. The van der Waals surface area contributed by atoms with Crippen LogP contribution in [0.25, 0.3) is 0 Å². The number of ether oxygens (including phenoxy) is 4. The molecule has 0 amide bonds. The van der Waals surface area contributed by atoms with Crippen molar-refractivity contribution in [1.29, 1.82) is 0 Å². The Morgan fingerprint density at radius 2 is 1.62 bits per heavy atom. The molecule has 2 N–H and O–H groups in total. The Kier molecular flexibility index (Phi) is 10.3. The van der Waals surface area contributed by atoms with Crippen LogP contribution in [0.1, 0.15) is 59.4 Å². The van der Waals surface area contributed by atoms with Gasteiger partial charge >= 0.3 is 23.9 Å². The van der Waals surface area contributed by atoms with Gasteiger partial charge in [-0.05, 0) is 30.5 Å². The predicted molar refractivity (Wildman–Crippen MR) is 116 cm³/mol. The summed E-state index contributed by atoms with van der Waals surface area (Å²) in [6.45, 7) is 8.03. The van der Waals surface area contributed by atoms with E-state index in [-0.39, 0.29) is 42.6 Å². The van der Waals surface area contributed by atoms with E-state index in [1.165, 1.54) is 33.1 Å². The van der Waals surface area contributed by atoms with Gasteiger partial charge in [0.25, 0.3) is 0 Å². The average molecular weight is 452 g/mol. The SMILES string of the molecule is CCC(C)CC(=O)O[C@@H](C)CC(N)(Cc1ccc(OC(C)=O)c(OC(C)=O)c1)C(=O)OC. The Hall–Kier alpha value is -2.94. The Morgan fingerprint density at radius 1 is 1.03 bits per heavy atom. The monoisotopic (exact) mass is 451 g/mol. The fraction of sp³-hybridized carbons (Fsp3) is 0.565. The van der Waals surface area contributed by atoms with Crippen LogP contribution < -0.4 is 15.2 Å². The van der Waals surface area contributed by atoms with E-state index < -0.39 is 29.6 Å². The molecule has 9 heteroatoms. The number of esters is 4. The summed E-state index contributed by atoms with van der Waals surface area (Å²) in [4.78, 5) is 47.4. The van der Waals surface area contributed by atoms with Crippen LogP contribution in [-0.2, 0) is 35.1 Å². The predicted octanol–water partition coefficient (Wildman–Crippen LogP) is 2.71. The van der Waals surface area contributed by atoms with Crippen LogP contribution in [0.15, 0.2) is 18.2 Å². The topological polar surface area (TPSA) is 131 Å². The van der Waals surface area contributed by atoms with Crippen molar-refractivity contribution in [2.45, 2.75) is 71.9 Å². The van der Waals surface area contributed by atoms with Gasteiger partial charge in [0.15, 0.2) is 11.5 Å². The van der Waals surface area contributed by atoms with E-state index in [2.05, 4.69) is 0 Å². The molecule has 0 fully saturated rings. The molecule has 178 valence electrons. The molecule has 1 aromatic rings. The molecule has 0 saturated carbocycles. The van der Waals surface area contributed by atoms with Gasteiger partial charge < -0.3 is 24.7 Å². The highest BCUT2D eigenvalue weighted by molar-refractivity contribution is 5.81. The molecule has 9 nitrogen and oxygen atoms in total. The highest BCUT2D eigenvalue weighted by atomic mass is 16.6. The molecule has 0 bridgehead atoms. The highest BCUT2D eigenvalue weighted by Crippen LogP contribution is 2.31. The Morgan fingerprint density at radius 3 is 2.16 bits per heavy atom. The maximum atomic E-state index is 12.5. The number of carbonyl (C=O) groups is 4. The number of rotatable bonds is 11. The summed E-state index contributed by atoms with van der Waals surface area (Å²) >= 11 is 0. The number of benzene rings is 1. The van der Waals surface area contributed by atoms with E-state index in [1.54, 1.807) is 13.0 Å². The number of nitrogens with two attached hydrogens (primary N) is 1. The van der Waals surface area contributed by atoms with Gasteiger partial charge in [0, 0.05) is 33.1 Å². The Balaban J connectivity index is 3.09. The Labute approximate surface area is 188 Å². The van der Waals surface area contributed by atoms with Crippen LogP contribution in [0.2, 0.25) is 0 Å². The third kappa shape index (κ3) is 8.66. The fourth-order valence-corrected chi connectivity index (χ4v) is 3.19. The molecule has 0 aliphatic rings. The van der Waals surface area contributed by atoms with Gasteiger partial charge in [0.2, 0.25) is 0 Å². The van der Waals surface area contributed by atoms with Gasteiger partial charge in [-0.15, -0.1) is 0 Å². The van der Waals surface area contributed by atoms with Crippen molar-refractivity contribution in [2.75, 3.05) is 7.11 Å². The second kappa shape index (κ2) is 12.2. The summed E-state index contributed by atoms with van der Waals surface area (Å²) in [7, 11) is 1.22. The zero-order chi connectivity index (χ0) is 24.5. The standard InChI is InChI=1S/C23H33NO8/c1-7-14(2)10-21(27)30-15(3)12-23(24,22(28)29-6)13-18-8-9-19(31-16(4)25)20(11-18)32-17(5)26/h8-9,11,14-15H,7,10,12-13,24H2,1-6H3/t14?,15-,23?/m0/s1. The lowest BCUT2D eigenvalue weighted by molar-refractivity contribution is -0.155. The molecule has 0 heterocycles. The summed E-state index contributed by atoms with van der Waals surface area (Å²) in [6.07, 6.45) is 0.506. The first-order valence-electron chi connectivity index (χ1n) is 10.5. The average Bonchev–Trinajstić information content (AvgIpc) is 2.67. The summed E-state index contributed by atoms with van der Waals surface area (Å²) in [5, 5.41) is 0. The largest absolute Gasteiger partial charge is 0.468 e. The molecule has 1 rings (SSSR count). The van der Waals surface area contributed by atoms with Crippen LogP contribution in [0, 0.1) is 5.92 Å². The summed E-state index contributed by atoms with van der Waals surface area (Å²) in [6, 6.07) is 4.50. The van der Waals surface area contributed by atoms with Gasteiger partial charge in [-0.3, -0.25) is 19.2 Å². The smallest absolute Gasteiger partial charge is 0.326 e. The summed E-state index contributed by atoms with van der Waals surface area (Å²) in [5.74, 6) is -1.96. The molecule has 0 aliphatic carbocycles. The van der Waals surface area contributed by atoms with Gasteiger partial charge in [-0.1, -0.05) is 26.3 Å². The molecule has 0 aromatic heterocycles. The van der Waals surface area contributed by atoms with Gasteiger partial charge in [0.05, 0.1) is 7.11 Å². The van der Waals surface area contributed by atoms with Crippen molar-refractivity contribution in [3.8, 4) is 11.5 Å². The Bertz CT molecular complexity index is 837. The van der Waals surface area contributed by atoms with Crippen LogP contribution in [0.5, 0.6) is 11.5 Å². The van der Waals surface area contributed by atoms with Crippen molar-refractivity contribution in [1.82, 2.24) is 0 Å². The second-order valence-corrected chi connectivity index (χ2v) is 8.02. The number of hydrogen-bond donors (Lipinski definition) is 1. The first kappa shape index (κ1) is 27.1. The van der Waals surface area contributed by atoms with E-state index in [4.69, 9.17) is 24.7 Å². The molecular formula is C23H33NO8. The van der Waals surface area contributed by atoms with Gasteiger partial charge in [0.1, 0.15) is 11.6 Å². The molecule has 3 atom stereocenters. The maximum absolute atomic E-state index is 12.5. The molecule has 0 saturated heterocycles. The van der Waals surface area contributed by atoms with Crippen LogP contribution in [0.3, 0.4) is 0 Å². The lowest BCUT2D eigenvalue weighted by atomic mass is 9.86. The lowest BCUT2D eigenvalue weighted by Crippen LogP contribution is -2.53. The minimum absolute atomic E-state index is 0.00153. The third-order valence-corrected chi connectivity index (χ3v) is 4.82. The first-order valence-corrected chi connectivity index (χ1v) is 10.5. The molecule has 0 spiro atoms. The van der Waals surface area contributed by atoms with E-state index in [1.807, 2.05) is 13.8 Å². The molecule has 32 heavy (non-hydrogen) atoms. The first-order chi connectivity index (χ1) is 14.9. The summed E-state index contributed by atoms with van der Waals surface area (Å²) in [5.41, 5.74) is 5.42. The minimum atomic E-state index is -1.51. The van der Waals surface area contributed by atoms with Crippen molar-refractivity contribution in [3.05, 3.63) is 23.8 Å². The fourth-order valence-electron chi connectivity index (χ4n) is 3.19. The summed E-state index contributed by atoms with van der Waals surface area (Å²) < 4.78 is 20.5. The van der Waals surface area contributed by atoms with E-state index >= 15 is 0 Å². The van der Waals surface area contributed by atoms with Crippen LogP contribution >= 0.6 is 0 Å². The molecule has 1 aromatic carbocycles. The number of carbonyl (C=O) groups excluding carboxylic acids is 4. The zero-order valence-corrected chi connectivity index (χ0v) is 19.6. The number of methoxy groups -OCH3 is 1. The maximum Gasteiger partial charge on any atom is 0.326 e. The second-order valence-electron chi connectivity index (χ2n) is 8.02. The number of hydrogen-bond acceptors (Lipinski definition) is 9. The third-order valence-electron chi connectivity index (χ3n) is 4.82. The molecule has 0 aliphatic heterocycles. The van der Waals surface area contributed by atoms with Gasteiger partial charge in [-0.2, -0.15) is 0 Å². The van der Waals surface area contributed by atoms with Crippen LogP contribution in [-0.4, -0.2) is 42.6 Å². The van der Waals surface area contributed by atoms with Crippen molar-refractivity contribution >= 4 is 23.9 Å². The molecular weight excluding hydrogens is 418 g/mol. The molecule has 0 radical (unpaired) electrons. The highest BCUT2D eigenvalue weighted by Gasteiger charge is 2.38.